The van der Waals surface area contributed by atoms with E-state index in [1.54, 1.807) is 12.1 Å². The maximum Gasteiger partial charge on any atom is 0.211 e. The zero-order valence-corrected chi connectivity index (χ0v) is 20.2. The van der Waals surface area contributed by atoms with Crippen LogP contribution in [-0.2, 0) is 22.9 Å². The molecule has 1 aromatic heterocycles. The summed E-state index contributed by atoms with van der Waals surface area (Å²) in [5, 5.41) is 0.358. The van der Waals surface area contributed by atoms with Crippen LogP contribution in [0.2, 0.25) is 5.02 Å². The number of hydrogen-bond donors (Lipinski definition) is 0. The first-order valence-corrected chi connectivity index (χ1v) is 13.1. The third kappa shape index (κ3) is 5.18. The molecule has 4 rings (SSSR count). The highest BCUT2D eigenvalue weighted by Crippen LogP contribution is 2.31. The summed E-state index contributed by atoms with van der Waals surface area (Å²) in [6, 6.07) is 14.4. The Morgan fingerprint density at radius 3 is 2.27 bits per heavy atom. The monoisotopic (exact) mass is 488 g/mol. The van der Waals surface area contributed by atoms with Crippen molar-refractivity contribution in [3.8, 4) is 11.4 Å². The maximum atomic E-state index is 14.7. The molecule has 2 aromatic carbocycles. The lowest BCUT2D eigenvalue weighted by Crippen LogP contribution is -2.49. The molecule has 1 fully saturated rings. The highest BCUT2D eigenvalue weighted by molar-refractivity contribution is 7.88. The SMILES string of the molecule is CCc1nc(-c2ccccc2)nc(N2CCN(S(C)(=O)=O)CC2)c1Cc1c(F)cccc1Cl. The van der Waals surface area contributed by atoms with Gasteiger partial charge in [0.25, 0.3) is 0 Å². The molecule has 0 N–H and O–H groups in total. The fourth-order valence-electron chi connectivity index (χ4n) is 4.08. The summed E-state index contributed by atoms with van der Waals surface area (Å²) in [5.74, 6) is 0.925. The van der Waals surface area contributed by atoms with Gasteiger partial charge in [0.15, 0.2) is 5.82 Å². The first-order valence-electron chi connectivity index (χ1n) is 10.9. The maximum absolute atomic E-state index is 14.7. The summed E-state index contributed by atoms with van der Waals surface area (Å²) < 4.78 is 40.1. The number of aromatic nitrogens is 2. The Morgan fingerprint density at radius 1 is 0.970 bits per heavy atom. The van der Waals surface area contributed by atoms with Gasteiger partial charge in [0.05, 0.1) is 6.26 Å². The van der Waals surface area contributed by atoms with Crippen LogP contribution in [0.1, 0.15) is 23.7 Å². The van der Waals surface area contributed by atoms with Gasteiger partial charge in [0.1, 0.15) is 11.6 Å². The van der Waals surface area contributed by atoms with Gasteiger partial charge in [-0.1, -0.05) is 54.9 Å². The first-order chi connectivity index (χ1) is 15.8. The second kappa shape index (κ2) is 9.75. The van der Waals surface area contributed by atoms with E-state index in [0.717, 1.165) is 16.8 Å². The number of halogens is 2. The van der Waals surface area contributed by atoms with E-state index in [1.807, 2.05) is 37.3 Å². The predicted molar refractivity (Wildman–Crippen MR) is 130 cm³/mol. The third-order valence-corrected chi connectivity index (χ3v) is 7.52. The molecule has 0 atom stereocenters. The van der Waals surface area contributed by atoms with E-state index in [9.17, 15) is 12.8 Å². The van der Waals surface area contributed by atoms with Gasteiger partial charge in [-0.2, -0.15) is 4.31 Å². The minimum absolute atomic E-state index is 0.255. The Kier molecular flexibility index (Phi) is 6.97. The van der Waals surface area contributed by atoms with Crippen molar-refractivity contribution in [3.05, 3.63) is 76.2 Å². The highest BCUT2D eigenvalue weighted by atomic mass is 35.5. The first kappa shape index (κ1) is 23.6. The smallest absolute Gasteiger partial charge is 0.211 e. The van der Waals surface area contributed by atoms with Gasteiger partial charge < -0.3 is 4.90 Å². The van der Waals surface area contributed by atoms with Crippen LogP contribution in [0.15, 0.2) is 48.5 Å². The summed E-state index contributed by atoms with van der Waals surface area (Å²) in [6.07, 6.45) is 2.12. The van der Waals surface area contributed by atoms with Gasteiger partial charge in [-0.3, -0.25) is 0 Å². The topological polar surface area (TPSA) is 66.4 Å². The quantitative estimate of drug-likeness (QED) is 0.521. The van der Waals surface area contributed by atoms with Gasteiger partial charge in [0, 0.05) is 60.0 Å². The Hall–Kier alpha value is -2.55. The molecule has 3 aromatic rings. The summed E-state index contributed by atoms with van der Waals surface area (Å²) in [6.45, 7) is 3.71. The van der Waals surface area contributed by atoms with E-state index in [0.29, 0.717) is 54.8 Å². The lowest BCUT2D eigenvalue weighted by Gasteiger charge is -2.35. The Balaban J connectivity index is 1.81. The number of nitrogens with zero attached hydrogens (tertiary/aromatic N) is 4. The highest BCUT2D eigenvalue weighted by Gasteiger charge is 2.27. The van der Waals surface area contributed by atoms with E-state index < -0.39 is 10.0 Å². The average Bonchev–Trinajstić information content (AvgIpc) is 2.81. The molecule has 0 amide bonds. The molecule has 6 nitrogen and oxygen atoms in total. The zero-order chi connectivity index (χ0) is 23.6. The predicted octanol–water partition coefficient (Wildman–Crippen LogP) is 4.17. The van der Waals surface area contributed by atoms with Gasteiger partial charge in [-0.25, -0.2) is 22.8 Å². The van der Waals surface area contributed by atoms with Crippen LogP contribution >= 0.6 is 11.6 Å². The van der Waals surface area contributed by atoms with Crippen molar-refractivity contribution in [2.24, 2.45) is 0 Å². The summed E-state index contributed by atoms with van der Waals surface area (Å²) >= 11 is 6.34. The number of sulfonamides is 1. The molecular formula is C24H26ClFN4O2S. The molecule has 0 unspecified atom stereocenters. The van der Waals surface area contributed by atoms with E-state index in [2.05, 4.69) is 4.90 Å². The number of piperazine rings is 1. The molecule has 33 heavy (non-hydrogen) atoms. The number of rotatable bonds is 6. The van der Waals surface area contributed by atoms with Crippen LogP contribution in [0.5, 0.6) is 0 Å². The zero-order valence-electron chi connectivity index (χ0n) is 18.6. The van der Waals surface area contributed by atoms with Crippen LogP contribution in [-0.4, -0.2) is 55.1 Å². The normalized spacial score (nSPS) is 15.1. The van der Waals surface area contributed by atoms with Crippen LogP contribution < -0.4 is 4.90 Å². The third-order valence-electron chi connectivity index (χ3n) is 5.86. The molecule has 1 saturated heterocycles. The van der Waals surface area contributed by atoms with Crippen molar-refractivity contribution >= 4 is 27.4 Å². The number of hydrogen-bond acceptors (Lipinski definition) is 5. The van der Waals surface area contributed by atoms with Gasteiger partial charge in [0.2, 0.25) is 10.0 Å². The second-order valence-corrected chi connectivity index (χ2v) is 10.4. The summed E-state index contributed by atoms with van der Waals surface area (Å²) in [4.78, 5) is 11.8. The van der Waals surface area contributed by atoms with E-state index >= 15 is 0 Å². The van der Waals surface area contributed by atoms with Crippen molar-refractivity contribution in [1.82, 2.24) is 14.3 Å². The second-order valence-electron chi connectivity index (χ2n) is 8.04. The molecule has 2 heterocycles. The Morgan fingerprint density at radius 2 is 1.67 bits per heavy atom. The van der Waals surface area contributed by atoms with Crippen LogP contribution in [0.3, 0.4) is 0 Å². The Labute approximate surface area is 199 Å². The summed E-state index contributed by atoms with van der Waals surface area (Å²) in [7, 11) is -3.26. The van der Waals surface area contributed by atoms with Crippen molar-refractivity contribution < 1.29 is 12.8 Å². The molecule has 0 saturated carbocycles. The lowest BCUT2D eigenvalue weighted by atomic mass is 10.0. The van der Waals surface area contributed by atoms with Crippen molar-refractivity contribution in [2.75, 3.05) is 37.3 Å². The molecule has 0 spiro atoms. The standard InChI is InChI=1S/C24H26ClFN4O2S/c1-3-22-19(16-18-20(25)10-7-11-21(18)26)24(28-23(27-22)17-8-5-4-6-9-17)29-12-14-30(15-13-29)33(2,31)32/h4-11H,3,12-16H2,1-2H3. The fraction of sp³-hybridized carbons (Fsp3) is 0.333. The van der Waals surface area contributed by atoms with Crippen LogP contribution in [0.25, 0.3) is 11.4 Å². The number of benzene rings is 2. The Bertz CT molecular complexity index is 1230. The average molecular weight is 489 g/mol. The summed E-state index contributed by atoms with van der Waals surface area (Å²) in [5.41, 5.74) is 2.93. The molecule has 0 bridgehead atoms. The van der Waals surface area contributed by atoms with Crippen LogP contribution in [0, 0.1) is 5.82 Å². The van der Waals surface area contributed by atoms with Crippen LogP contribution in [0.4, 0.5) is 10.2 Å². The molecule has 9 heteroatoms. The molecule has 174 valence electrons. The van der Waals surface area contributed by atoms with E-state index in [4.69, 9.17) is 21.6 Å². The molecule has 1 aliphatic rings. The minimum atomic E-state index is -3.26. The number of aryl methyl sites for hydroxylation is 1. The van der Waals surface area contributed by atoms with E-state index in [-0.39, 0.29) is 12.2 Å². The van der Waals surface area contributed by atoms with Crippen molar-refractivity contribution in [1.29, 1.82) is 0 Å². The van der Waals surface area contributed by atoms with Crippen molar-refractivity contribution in [3.63, 3.8) is 0 Å². The van der Waals surface area contributed by atoms with Crippen molar-refractivity contribution in [2.45, 2.75) is 19.8 Å². The lowest BCUT2D eigenvalue weighted by molar-refractivity contribution is 0.386. The van der Waals surface area contributed by atoms with Gasteiger partial charge in [-0.15, -0.1) is 0 Å². The van der Waals surface area contributed by atoms with E-state index in [1.165, 1.54) is 16.6 Å². The van der Waals surface area contributed by atoms with Gasteiger partial charge >= 0.3 is 0 Å². The van der Waals surface area contributed by atoms with Gasteiger partial charge in [-0.05, 0) is 18.6 Å². The molecular weight excluding hydrogens is 463 g/mol. The molecule has 1 aliphatic heterocycles. The number of anilines is 1. The fourth-order valence-corrected chi connectivity index (χ4v) is 5.13. The molecule has 0 radical (unpaired) electrons. The molecule has 0 aliphatic carbocycles. The minimum Gasteiger partial charge on any atom is -0.354 e. The largest absolute Gasteiger partial charge is 0.354 e.